The molecule has 0 saturated heterocycles. The molecular weight excluding hydrogens is 311 g/mol. The molecular formula is C11H8ClFN2O4S. The summed E-state index contributed by atoms with van der Waals surface area (Å²) < 4.78 is 40.3. The van der Waals surface area contributed by atoms with E-state index >= 15 is 0 Å². The highest BCUT2D eigenvalue weighted by Gasteiger charge is 2.18. The second kappa shape index (κ2) is 5.22. The van der Waals surface area contributed by atoms with Gasteiger partial charge in [0.25, 0.3) is 15.0 Å². The first kappa shape index (κ1) is 14.5. The van der Waals surface area contributed by atoms with Crippen LogP contribution < -0.4 is 5.32 Å². The maximum atomic E-state index is 13.6. The minimum Gasteiger partial charge on any atom is -0.351 e. The molecule has 0 fully saturated rings. The van der Waals surface area contributed by atoms with Crippen molar-refractivity contribution in [3.63, 3.8) is 0 Å². The van der Waals surface area contributed by atoms with Gasteiger partial charge in [-0.1, -0.05) is 5.16 Å². The van der Waals surface area contributed by atoms with E-state index < -0.39 is 25.7 Å². The summed E-state index contributed by atoms with van der Waals surface area (Å²) in [5.41, 5.74) is 0.579. The van der Waals surface area contributed by atoms with Crippen LogP contribution in [0.2, 0.25) is 0 Å². The van der Waals surface area contributed by atoms with Gasteiger partial charge in [0.2, 0.25) is 5.76 Å². The summed E-state index contributed by atoms with van der Waals surface area (Å²) in [7, 11) is 0.871. The molecule has 0 unspecified atom stereocenters. The molecule has 1 N–H and O–H groups in total. The van der Waals surface area contributed by atoms with Gasteiger partial charge in [-0.05, 0) is 25.1 Å². The van der Waals surface area contributed by atoms with Crippen LogP contribution in [-0.4, -0.2) is 19.5 Å². The third-order valence-electron chi connectivity index (χ3n) is 2.30. The number of rotatable bonds is 3. The number of hydrogen-bond donors (Lipinski definition) is 1. The highest BCUT2D eigenvalue weighted by molar-refractivity contribution is 8.13. The molecule has 9 heteroatoms. The number of halogens is 2. The Balaban J connectivity index is 2.23. The minimum absolute atomic E-state index is 0.0445. The molecule has 1 aromatic carbocycles. The zero-order valence-corrected chi connectivity index (χ0v) is 11.6. The zero-order valence-electron chi connectivity index (χ0n) is 10.1. The highest BCUT2D eigenvalue weighted by atomic mass is 35.7. The summed E-state index contributed by atoms with van der Waals surface area (Å²) in [6, 6.07) is 4.41. The molecule has 0 radical (unpaired) electrons. The predicted octanol–water partition coefficient (Wildman–Crippen LogP) is 2.30. The second-order valence-electron chi connectivity index (χ2n) is 3.87. The van der Waals surface area contributed by atoms with E-state index in [0.717, 1.165) is 12.1 Å². The Hall–Kier alpha value is -1.93. The standard InChI is InChI=1S/C11H8ClFN2O4S/c1-6-4-9(19-15-6)11(16)14-7-2-3-10(8(13)5-7)20(12,17)18/h2-5H,1H3,(H,14,16). The molecule has 0 atom stereocenters. The fourth-order valence-electron chi connectivity index (χ4n) is 1.44. The van der Waals surface area contributed by atoms with Crippen LogP contribution in [0, 0.1) is 12.7 Å². The molecule has 0 aliphatic rings. The van der Waals surface area contributed by atoms with Crippen LogP contribution in [0.1, 0.15) is 16.2 Å². The normalized spacial score (nSPS) is 11.3. The van der Waals surface area contributed by atoms with Crippen molar-refractivity contribution < 1.29 is 22.1 Å². The van der Waals surface area contributed by atoms with Crippen molar-refractivity contribution in [2.24, 2.45) is 0 Å². The lowest BCUT2D eigenvalue weighted by molar-refractivity contribution is 0.0988. The number of aryl methyl sites for hydroxylation is 1. The second-order valence-corrected chi connectivity index (χ2v) is 6.40. The number of carbonyl (C=O) groups excluding carboxylic acids is 1. The van der Waals surface area contributed by atoms with Gasteiger partial charge in [-0.15, -0.1) is 0 Å². The Kier molecular flexibility index (Phi) is 3.78. The van der Waals surface area contributed by atoms with Crippen molar-refractivity contribution in [3.05, 3.63) is 41.5 Å². The van der Waals surface area contributed by atoms with E-state index in [1.165, 1.54) is 12.1 Å². The Bertz CT molecular complexity index is 772. The van der Waals surface area contributed by atoms with E-state index in [0.29, 0.717) is 5.69 Å². The van der Waals surface area contributed by atoms with Crippen molar-refractivity contribution in [3.8, 4) is 0 Å². The molecule has 1 amide bonds. The highest BCUT2D eigenvalue weighted by Crippen LogP contribution is 2.22. The van der Waals surface area contributed by atoms with Gasteiger partial charge >= 0.3 is 0 Å². The van der Waals surface area contributed by atoms with Crippen molar-refractivity contribution in [2.45, 2.75) is 11.8 Å². The van der Waals surface area contributed by atoms with Gasteiger partial charge in [-0.2, -0.15) is 0 Å². The quantitative estimate of drug-likeness (QED) is 0.877. The molecule has 2 aromatic rings. The number of anilines is 1. The number of aromatic nitrogens is 1. The Labute approximate surface area is 117 Å². The first-order chi connectivity index (χ1) is 9.27. The number of benzene rings is 1. The monoisotopic (exact) mass is 318 g/mol. The summed E-state index contributed by atoms with van der Waals surface area (Å²) >= 11 is 0. The van der Waals surface area contributed by atoms with Crippen molar-refractivity contribution >= 4 is 31.3 Å². The average Bonchev–Trinajstić information content (AvgIpc) is 2.74. The largest absolute Gasteiger partial charge is 0.351 e. The van der Waals surface area contributed by atoms with Crippen LogP contribution in [0.5, 0.6) is 0 Å². The van der Waals surface area contributed by atoms with Gasteiger partial charge in [0.05, 0.1) is 5.69 Å². The van der Waals surface area contributed by atoms with Gasteiger partial charge in [-0.25, -0.2) is 12.8 Å². The maximum absolute atomic E-state index is 13.6. The molecule has 20 heavy (non-hydrogen) atoms. The molecule has 106 valence electrons. The molecule has 0 bridgehead atoms. The summed E-state index contributed by atoms with van der Waals surface area (Å²) in [5.74, 6) is -1.74. The van der Waals surface area contributed by atoms with Crippen LogP contribution in [0.25, 0.3) is 0 Å². The summed E-state index contributed by atoms with van der Waals surface area (Å²) in [5, 5.41) is 5.88. The summed E-state index contributed by atoms with van der Waals surface area (Å²) in [6.45, 7) is 1.64. The lowest BCUT2D eigenvalue weighted by Gasteiger charge is -2.04. The fourth-order valence-corrected chi connectivity index (χ4v) is 2.34. The minimum atomic E-state index is -4.17. The third kappa shape index (κ3) is 3.14. The van der Waals surface area contributed by atoms with Crippen LogP contribution in [0.15, 0.2) is 33.7 Å². The summed E-state index contributed by atoms with van der Waals surface area (Å²) in [4.78, 5) is 11.0. The topological polar surface area (TPSA) is 89.3 Å². The first-order valence-corrected chi connectivity index (χ1v) is 7.57. The van der Waals surface area contributed by atoms with E-state index in [2.05, 4.69) is 10.5 Å². The fraction of sp³-hybridized carbons (Fsp3) is 0.0909. The van der Waals surface area contributed by atoms with E-state index in [1.807, 2.05) is 0 Å². The van der Waals surface area contributed by atoms with Crippen LogP contribution in [-0.2, 0) is 9.05 Å². The van der Waals surface area contributed by atoms with E-state index in [4.69, 9.17) is 15.2 Å². The molecule has 0 aliphatic carbocycles. The van der Waals surface area contributed by atoms with Crippen molar-refractivity contribution in [1.29, 1.82) is 0 Å². The van der Waals surface area contributed by atoms with Gasteiger partial charge < -0.3 is 9.84 Å². The Morgan fingerprint density at radius 3 is 2.60 bits per heavy atom. The SMILES string of the molecule is Cc1cc(C(=O)Nc2ccc(S(=O)(=O)Cl)c(F)c2)on1. The van der Waals surface area contributed by atoms with Gasteiger partial charge in [-0.3, -0.25) is 4.79 Å². The first-order valence-electron chi connectivity index (χ1n) is 5.26. The van der Waals surface area contributed by atoms with Gasteiger partial charge in [0, 0.05) is 22.4 Å². The lowest BCUT2D eigenvalue weighted by atomic mass is 10.3. The van der Waals surface area contributed by atoms with E-state index in [-0.39, 0.29) is 11.4 Å². The Morgan fingerprint density at radius 2 is 2.10 bits per heavy atom. The third-order valence-corrected chi connectivity index (χ3v) is 3.66. The number of carbonyl (C=O) groups is 1. The molecule has 0 spiro atoms. The van der Waals surface area contributed by atoms with Crippen LogP contribution >= 0.6 is 10.7 Å². The van der Waals surface area contributed by atoms with Gasteiger partial charge in [0.15, 0.2) is 0 Å². The van der Waals surface area contributed by atoms with Crippen molar-refractivity contribution in [2.75, 3.05) is 5.32 Å². The number of amides is 1. The van der Waals surface area contributed by atoms with Crippen LogP contribution in [0.3, 0.4) is 0 Å². The number of hydrogen-bond acceptors (Lipinski definition) is 5. The number of nitrogens with one attached hydrogen (secondary N) is 1. The summed E-state index contributed by atoms with van der Waals surface area (Å²) in [6.07, 6.45) is 0. The molecule has 0 aliphatic heterocycles. The number of nitrogens with zero attached hydrogens (tertiary/aromatic N) is 1. The van der Waals surface area contributed by atoms with Crippen molar-refractivity contribution in [1.82, 2.24) is 5.16 Å². The molecule has 2 rings (SSSR count). The smallest absolute Gasteiger partial charge is 0.294 e. The molecule has 0 saturated carbocycles. The lowest BCUT2D eigenvalue weighted by Crippen LogP contribution is -2.11. The molecule has 1 heterocycles. The van der Waals surface area contributed by atoms with E-state index in [9.17, 15) is 17.6 Å². The molecule has 1 aromatic heterocycles. The predicted molar refractivity (Wildman–Crippen MR) is 68.6 cm³/mol. The zero-order chi connectivity index (χ0) is 14.9. The van der Waals surface area contributed by atoms with E-state index in [1.54, 1.807) is 6.92 Å². The van der Waals surface area contributed by atoms with Crippen LogP contribution in [0.4, 0.5) is 10.1 Å². The molecule has 6 nitrogen and oxygen atoms in total. The average molecular weight is 319 g/mol. The van der Waals surface area contributed by atoms with Gasteiger partial charge in [0.1, 0.15) is 10.7 Å². The maximum Gasteiger partial charge on any atom is 0.294 e. The Morgan fingerprint density at radius 1 is 1.40 bits per heavy atom.